The molecule has 0 saturated carbocycles. The number of aromatic nitrogens is 3. The quantitative estimate of drug-likeness (QED) is 0.408. The van der Waals surface area contributed by atoms with Gasteiger partial charge in [-0.05, 0) is 51.1 Å². The number of ether oxygens (including phenoxy) is 2. The first-order chi connectivity index (χ1) is 16.3. The van der Waals surface area contributed by atoms with E-state index in [2.05, 4.69) is 20.8 Å². The van der Waals surface area contributed by atoms with Crippen molar-refractivity contribution in [2.24, 2.45) is 0 Å². The van der Waals surface area contributed by atoms with Crippen LogP contribution in [0.5, 0.6) is 11.5 Å². The van der Waals surface area contributed by atoms with E-state index in [0.717, 1.165) is 0 Å². The molecule has 0 spiro atoms. The minimum absolute atomic E-state index is 0.175. The molecule has 0 aliphatic heterocycles. The molecule has 2 N–H and O–H groups in total. The van der Waals surface area contributed by atoms with Crippen LogP contribution in [0.15, 0.2) is 53.7 Å². The van der Waals surface area contributed by atoms with Crippen molar-refractivity contribution in [1.82, 2.24) is 14.8 Å². The van der Waals surface area contributed by atoms with Crippen LogP contribution in [0, 0.1) is 0 Å². The Labute approximate surface area is 203 Å². The van der Waals surface area contributed by atoms with Crippen molar-refractivity contribution in [3.05, 3.63) is 54.4 Å². The molecule has 2 atom stereocenters. The van der Waals surface area contributed by atoms with Gasteiger partial charge in [0.25, 0.3) is 0 Å². The lowest BCUT2D eigenvalue weighted by Gasteiger charge is -2.18. The number of carbonyl (C=O) groups excluding carboxylic acids is 2. The molecular formula is C24H29N5O4S. The molecule has 0 bridgehead atoms. The van der Waals surface area contributed by atoms with Crippen molar-refractivity contribution in [2.45, 2.75) is 50.8 Å². The first-order valence-electron chi connectivity index (χ1n) is 10.9. The van der Waals surface area contributed by atoms with Crippen LogP contribution in [-0.2, 0) is 16.1 Å². The number of nitrogens with one attached hydrogen (secondary N) is 2. The normalized spacial score (nSPS) is 12.5. The van der Waals surface area contributed by atoms with Gasteiger partial charge in [-0.15, -0.1) is 10.2 Å². The third kappa shape index (κ3) is 6.28. The highest BCUT2D eigenvalue weighted by Gasteiger charge is 2.23. The van der Waals surface area contributed by atoms with Gasteiger partial charge in [0.2, 0.25) is 11.8 Å². The van der Waals surface area contributed by atoms with Gasteiger partial charge in [0, 0.05) is 24.8 Å². The number of para-hydroxylation sites is 2. The minimum atomic E-state index is -0.433. The van der Waals surface area contributed by atoms with E-state index in [4.69, 9.17) is 9.47 Å². The maximum Gasteiger partial charge on any atom is 0.237 e. The van der Waals surface area contributed by atoms with Crippen LogP contribution >= 0.6 is 11.8 Å². The van der Waals surface area contributed by atoms with Gasteiger partial charge >= 0.3 is 0 Å². The van der Waals surface area contributed by atoms with Gasteiger partial charge < -0.3 is 24.7 Å². The average molecular weight is 484 g/mol. The molecule has 0 aliphatic rings. The monoisotopic (exact) mass is 483 g/mol. The number of methoxy groups -OCH3 is 1. The largest absolute Gasteiger partial charge is 0.493 e. The van der Waals surface area contributed by atoms with Gasteiger partial charge in [-0.2, -0.15) is 0 Å². The van der Waals surface area contributed by atoms with Gasteiger partial charge in [0.15, 0.2) is 28.6 Å². The van der Waals surface area contributed by atoms with Crippen LogP contribution in [0.2, 0.25) is 0 Å². The number of benzene rings is 2. The fourth-order valence-electron chi connectivity index (χ4n) is 3.28. The second-order valence-corrected chi connectivity index (χ2v) is 8.82. The summed E-state index contributed by atoms with van der Waals surface area (Å²) < 4.78 is 13.4. The summed E-state index contributed by atoms with van der Waals surface area (Å²) in [6.45, 7) is 7.75. The van der Waals surface area contributed by atoms with Gasteiger partial charge in [-0.25, -0.2) is 0 Å². The third-order valence-corrected chi connectivity index (χ3v) is 5.98. The topological polar surface area (TPSA) is 107 Å². The molecule has 2 aromatic carbocycles. The summed E-state index contributed by atoms with van der Waals surface area (Å²) in [4.78, 5) is 24.1. The Hall–Kier alpha value is -3.53. The number of carbonyl (C=O) groups is 2. The number of nitrogens with zero attached hydrogens (tertiary/aromatic N) is 3. The summed E-state index contributed by atoms with van der Waals surface area (Å²) in [7, 11) is 1.60. The molecule has 1 heterocycles. The number of anilines is 2. The smallest absolute Gasteiger partial charge is 0.237 e. The van der Waals surface area contributed by atoms with Gasteiger partial charge in [0.05, 0.1) is 12.4 Å². The first-order valence-corrected chi connectivity index (χ1v) is 11.8. The Morgan fingerprint density at radius 2 is 1.71 bits per heavy atom. The van der Waals surface area contributed by atoms with Crippen molar-refractivity contribution in [2.75, 3.05) is 17.7 Å². The Morgan fingerprint density at radius 1 is 1.03 bits per heavy atom. The Morgan fingerprint density at radius 3 is 2.35 bits per heavy atom. The van der Waals surface area contributed by atoms with E-state index in [1.165, 1.54) is 18.7 Å². The van der Waals surface area contributed by atoms with E-state index in [1.807, 2.05) is 42.7 Å². The van der Waals surface area contributed by atoms with E-state index in [0.29, 0.717) is 40.4 Å². The second kappa shape index (κ2) is 11.6. The Bertz CT molecular complexity index is 1150. The molecule has 9 nitrogen and oxygen atoms in total. The first kappa shape index (κ1) is 25.1. The maximum atomic E-state index is 12.8. The summed E-state index contributed by atoms with van der Waals surface area (Å²) in [6, 6.07) is 14.4. The van der Waals surface area contributed by atoms with Crippen LogP contribution in [0.25, 0.3) is 0 Å². The van der Waals surface area contributed by atoms with Gasteiger partial charge in [-0.3, -0.25) is 9.59 Å². The van der Waals surface area contributed by atoms with Crippen molar-refractivity contribution >= 4 is 35.0 Å². The van der Waals surface area contributed by atoms with Crippen LogP contribution < -0.4 is 20.1 Å². The minimum Gasteiger partial charge on any atom is -0.493 e. The molecular weight excluding hydrogens is 454 g/mol. The fourth-order valence-corrected chi connectivity index (χ4v) is 4.20. The SMILES string of the molecule is CCn1c(SC(C)C(=O)Nc2cccc(NC(C)=O)c2)nnc1C(C)Oc1ccccc1OC. The zero-order chi connectivity index (χ0) is 24.7. The number of hydrogen-bond donors (Lipinski definition) is 2. The third-order valence-electron chi connectivity index (χ3n) is 4.90. The lowest BCUT2D eigenvalue weighted by atomic mass is 10.2. The van der Waals surface area contributed by atoms with Gasteiger partial charge in [-0.1, -0.05) is 30.0 Å². The summed E-state index contributed by atoms with van der Waals surface area (Å²) in [6.07, 6.45) is -0.376. The summed E-state index contributed by atoms with van der Waals surface area (Å²) in [5.74, 6) is 1.55. The van der Waals surface area contributed by atoms with Crippen LogP contribution in [0.1, 0.15) is 39.6 Å². The van der Waals surface area contributed by atoms with Gasteiger partial charge in [0.1, 0.15) is 0 Å². The number of thioether (sulfide) groups is 1. The van der Waals surface area contributed by atoms with Crippen molar-refractivity contribution < 1.29 is 19.1 Å². The molecule has 10 heteroatoms. The molecule has 2 unspecified atom stereocenters. The Kier molecular flexibility index (Phi) is 8.53. The number of amides is 2. The van der Waals surface area contributed by atoms with E-state index >= 15 is 0 Å². The number of hydrogen-bond acceptors (Lipinski definition) is 7. The van der Waals surface area contributed by atoms with Crippen LogP contribution in [0.4, 0.5) is 11.4 Å². The predicted octanol–water partition coefficient (Wildman–Crippen LogP) is 4.52. The molecule has 0 fully saturated rings. The van der Waals surface area contributed by atoms with E-state index in [-0.39, 0.29) is 17.9 Å². The zero-order valence-electron chi connectivity index (χ0n) is 19.9. The molecule has 3 aromatic rings. The fraction of sp³-hybridized carbons (Fsp3) is 0.333. The van der Waals surface area contributed by atoms with E-state index in [9.17, 15) is 9.59 Å². The van der Waals surface area contributed by atoms with E-state index in [1.54, 1.807) is 38.3 Å². The highest BCUT2D eigenvalue weighted by Crippen LogP contribution is 2.32. The molecule has 0 radical (unpaired) electrons. The predicted molar refractivity (Wildman–Crippen MR) is 132 cm³/mol. The van der Waals surface area contributed by atoms with Crippen molar-refractivity contribution in [3.63, 3.8) is 0 Å². The summed E-state index contributed by atoms with van der Waals surface area (Å²) >= 11 is 1.32. The lowest BCUT2D eigenvalue weighted by molar-refractivity contribution is -0.115. The molecule has 3 rings (SSSR count). The summed E-state index contributed by atoms with van der Waals surface area (Å²) in [5, 5.41) is 14.4. The van der Waals surface area contributed by atoms with Crippen molar-refractivity contribution in [3.8, 4) is 11.5 Å². The molecule has 1 aromatic heterocycles. The lowest BCUT2D eigenvalue weighted by Crippen LogP contribution is -2.23. The maximum absolute atomic E-state index is 12.8. The zero-order valence-corrected chi connectivity index (χ0v) is 20.7. The molecule has 0 aliphatic carbocycles. The average Bonchev–Trinajstić information content (AvgIpc) is 3.21. The van der Waals surface area contributed by atoms with E-state index < -0.39 is 5.25 Å². The van der Waals surface area contributed by atoms with Crippen LogP contribution in [-0.4, -0.2) is 38.9 Å². The Balaban J connectivity index is 1.68. The second-order valence-electron chi connectivity index (χ2n) is 7.51. The highest BCUT2D eigenvalue weighted by molar-refractivity contribution is 8.00. The van der Waals surface area contributed by atoms with Crippen molar-refractivity contribution in [1.29, 1.82) is 0 Å². The standard InChI is InChI=1S/C24H29N5O4S/c1-6-29-22(15(2)33-21-13-8-7-12-20(21)32-5)27-28-24(29)34-16(3)23(31)26-19-11-9-10-18(14-19)25-17(4)30/h7-16H,6H2,1-5H3,(H,25,30)(H,26,31). The summed E-state index contributed by atoms with van der Waals surface area (Å²) in [5.41, 5.74) is 1.21. The molecule has 2 amide bonds. The highest BCUT2D eigenvalue weighted by atomic mass is 32.2. The molecule has 34 heavy (non-hydrogen) atoms. The van der Waals surface area contributed by atoms with Crippen LogP contribution in [0.3, 0.4) is 0 Å². The number of rotatable bonds is 10. The molecule has 0 saturated heterocycles. The molecule has 180 valence electrons.